The SMILES string of the molecule is O=C(c1ccc(O)cc1O)N1C2CCC1CC(Cl)C2. The molecule has 0 spiro atoms. The number of rotatable bonds is 1. The highest BCUT2D eigenvalue weighted by Crippen LogP contribution is 2.39. The van der Waals surface area contributed by atoms with E-state index in [9.17, 15) is 15.0 Å². The lowest BCUT2D eigenvalue weighted by molar-refractivity contribution is 0.0596. The van der Waals surface area contributed by atoms with Gasteiger partial charge in [-0.05, 0) is 37.8 Å². The molecule has 2 N–H and O–H groups in total. The fourth-order valence-electron chi connectivity index (χ4n) is 3.28. The number of halogens is 1. The molecule has 2 fully saturated rings. The Morgan fingerprint density at radius 3 is 2.42 bits per heavy atom. The van der Waals surface area contributed by atoms with Gasteiger partial charge < -0.3 is 15.1 Å². The minimum absolute atomic E-state index is 0.0449. The van der Waals surface area contributed by atoms with E-state index in [2.05, 4.69) is 0 Å². The summed E-state index contributed by atoms with van der Waals surface area (Å²) in [4.78, 5) is 14.4. The number of piperidine rings is 1. The van der Waals surface area contributed by atoms with Crippen LogP contribution in [0.5, 0.6) is 11.5 Å². The van der Waals surface area contributed by atoms with E-state index in [1.807, 2.05) is 4.90 Å². The predicted molar refractivity (Wildman–Crippen MR) is 71.6 cm³/mol. The molecule has 2 heterocycles. The number of aromatic hydroxyl groups is 2. The van der Waals surface area contributed by atoms with E-state index < -0.39 is 0 Å². The fourth-order valence-corrected chi connectivity index (χ4v) is 3.69. The second-order valence-electron chi connectivity index (χ2n) is 5.37. The van der Waals surface area contributed by atoms with Crippen molar-refractivity contribution in [1.29, 1.82) is 0 Å². The summed E-state index contributed by atoms with van der Waals surface area (Å²) in [7, 11) is 0. The lowest BCUT2D eigenvalue weighted by atomic mass is 10.0. The minimum atomic E-state index is -0.169. The largest absolute Gasteiger partial charge is 0.508 e. The first kappa shape index (κ1) is 12.6. The van der Waals surface area contributed by atoms with Crippen LogP contribution in [-0.4, -0.2) is 38.5 Å². The van der Waals surface area contributed by atoms with Crippen LogP contribution < -0.4 is 0 Å². The second kappa shape index (κ2) is 4.60. The lowest BCUT2D eigenvalue weighted by Gasteiger charge is -2.37. The summed E-state index contributed by atoms with van der Waals surface area (Å²) in [6.45, 7) is 0. The van der Waals surface area contributed by atoms with Crippen LogP contribution in [0.15, 0.2) is 18.2 Å². The summed E-state index contributed by atoms with van der Waals surface area (Å²) in [6.07, 6.45) is 3.61. The summed E-state index contributed by atoms with van der Waals surface area (Å²) >= 11 is 6.19. The number of fused-ring (bicyclic) bond motifs is 2. The number of hydrogen-bond donors (Lipinski definition) is 2. The number of hydrogen-bond acceptors (Lipinski definition) is 3. The van der Waals surface area contributed by atoms with Crippen LogP contribution in [0, 0.1) is 0 Å². The Morgan fingerprint density at radius 2 is 1.84 bits per heavy atom. The summed E-state index contributed by atoms with van der Waals surface area (Å²) in [5, 5.41) is 19.2. The molecule has 19 heavy (non-hydrogen) atoms. The van der Waals surface area contributed by atoms with Gasteiger partial charge in [0.1, 0.15) is 11.5 Å². The van der Waals surface area contributed by atoms with Crippen molar-refractivity contribution in [3.8, 4) is 11.5 Å². The van der Waals surface area contributed by atoms with E-state index in [4.69, 9.17) is 11.6 Å². The van der Waals surface area contributed by atoms with Crippen molar-refractivity contribution in [3.63, 3.8) is 0 Å². The minimum Gasteiger partial charge on any atom is -0.508 e. The molecular weight excluding hydrogens is 266 g/mol. The number of carbonyl (C=O) groups is 1. The average Bonchev–Trinajstić information content (AvgIpc) is 2.61. The first-order valence-electron chi connectivity index (χ1n) is 6.55. The Morgan fingerprint density at radius 1 is 1.21 bits per heavy atom. The molecule has 2 bridgehead atoms. The highest BCUT2D eigenvalue weighted by Gasteiger charge is 2.43. The van der Waals surface area contributed by atoms with Gasteiger partial charge >= 0.3 is 0 Å². The molecule has 1 aromatic rings. The molecule has 2 atom stereocenters. The third-order valence-corrected chi connectivity index (χ3v) is 4.48. The van der Waals surface area contributed by atoms with Crippen molar-refractivity contribution in [1.82, 2.24) is 4.90 Å². The Bertz CT molecular complexity index is 505. The monoisotopic (exact) mass is 281 g/mol. The lowest BCUT2D eigenvalue weighted by Crippen LogP contribution is -2.46. The smallest absolute Gasteiger partial charge is 0.258 e. The molecule has 4 nitrogen and oxygen atoms in total. The highest BCUT2D eigenvalue weighted by molar-refractivity contribution is 6.20. The van der Waals surface area contributed by atoms with Crippen LogP contribution >= 0.6 is 11.6 Å². The van der Waals surface area contributed by atoms with Gasteiger partial charge in [0.05, 0.1) is 5.56 Å². The maximum atomic E-state index is 12.5. The van der Waals surface area contributed by atoms with E-state index in [1.165, 1.54) is 18.2 Å². The first-order chi connectivity index (χ1) is 9.06. The van der Waals surface area contributed by atoms with Crippen molar-refractivity contribution in [2.75, 3.05) is 0 Å². The van der Waals surface area contributed by atoms with Crippen molar-refractivity contribution >= 4 is 17.5 Å². The molecule has 5 heteroatoms. The molecule has 0 saturated carbocycles. The summed E-state index contributed by atoms with van der Waals surface area (Å²) in [5.74, 6) is -0.373. The average molecular weight is 282 g/mol. The number of alkyl halides is 1. The van der Waals surface area contributed by atoms with Crippen molar-refractivity contribution in [3.05, 3.63) is 23.8 Å². The molecule has 1 amide bonds. The Labute approximate surface area is 116 Å². The van der Waals surface area contributed by atoms with Crippen LogP contribution in [-0.2, 0) is 0 Å². The maximum Gasteiger partial charge on any atom is 0.258 e. The Kier molecular flexibility index (Phi) is 3.05. The molecule has 2 aliphatic rings. The van der Waals surface area contributed by atoms with Crippen LogP contribution in [0.2, 0.25) is 0 Å². The van der Waals surface area contributed by atoms with Gasteiger partial charge in [0.2, 0.25) is 0 Å². The van der Waals surface area contributed by atoms with Crippen molar-refractivity contribution < 1.29 is 15.0 Å². The molecule has 0 radical (unpaired) electrons. The van der Waals surface area contributed by atoms with Gasteiger partial charge in [-0.3, -0.25) is 4.79 Å². The van der Waals surface area contributed by atoms with E-state index in [-0.39, 0.29) is 40.4 Å². The van der Waals surface area contributed by atoms with Crippen LogP contribution in [0.1, 0.15) is 36.0 Å². The van der Waals surface area contributed by atoms with Gasteiger partial charge in [-0.2, -0.15) is 0 Å². The Balaban J connectivity index is 1.88. The summed E-state index contributed by atoms with van der Waals surface area (Å²) in [5.41, 5.74) is 0.253. The number of amides is 1. The molecule has 2 saturated heterocycles. The number of carbonyl (C=O) groups excluding carboxylic acids is 1. The van der Waals surface area contributed by atoms with E-state index >= 15 is 0 Å². The quantitative estimate of drug-likeness (QED) is 0.778. The third-order valence-electron chi connectivity index (χ3n) is 4.12. The maximum absolute atomic E-state index is 12.5. The fraction of sp³-hybridized carbons (Fsp3) is 0.500. The molecule has 0 aromatic heterocycles. The van der Waals surface area contributed by atoms with Gasteiger partial charge in [-0.1, -0.05) is 0 Å². The standard InChI is InChI=1S/C14H16ClNO3/c15-8-5-9-1-2-10(6-8)16(9)14(19)12-4-3-11(17)7-13(12)18/h3-4,7-10,17-18H,1-2,5-6H2. The van der Waals surface area contributed by atoms with E-state index in [0.29, 0.717) is 0 Å². The van der Waals surface area contributed by atoms with Crippen molar-refractivity contribution in [2.45, 2.75) is 43.1 Å². The van der Waals surface area contributed by atoms with E-state index in [1.54, 1.807) is 0 Å². The number of phenolic OH excluding ortho intramolecular Hbond substituents is 2. The van der Waals surface area contributed by atoms with Crippen molar-refractivity contribution in [2.24, 2.45) is 0 Å². The molecule has 1 aromatic carbocycles. The van der Waals surface area contributed by atoms with Crippen LogP contribution in [0.4, 0.5) is 0 Å². The molecule has 2 aliphatic heterocycles. The van der Waals surface area contributed by atoms with Crippen LogP contribution in [0.3, 0.4) is 0 Å². The van der Waals surface area contributed by atoms with Gasteiger partial charge in [-0.25, -0.2) is 0 Å². The van der Waals surface area contributed by atoms with Gasteiger partial charge in [-0.15, -0.1) is 11.6 Å². The zero-order chi connectivity index (χ0) is 13.6. The predicted octanol–water partition coefficient (Wildman–Crippen LogP) is 2.47. The molecule has 102 valence electrons. The third kappa shape index (κ3) is 2.14. The Hall–Kier alpha value is -1.42. The summed E-state index contributed by atoms with van der Waals surface area (Å²) in [6, 6.07) is 4.45. The zero-order valence-corrected chi connectivity index (χ0v) is 11.2. The van der Waals surface area contributed by atoms with Gasteiger partial charge in [0.15, 0.2) is 0 Å². The first-order valence-corrected chi connectivity index (χ1v) is 6.98. The molecule has 0 aliphatic carbocycles. The molecule has 2 unspecified atom stereocenters. The zero-order valence-electron chi connectivity index (χ0n) is 10.4. The normalized spacial score (nSPS) is 29.5. The van der Waals surface area contributed by atoms with Gasteiger partial charge in [0.25, 0.3) is 5.91 Å². The molecular formula is C14H16ClNO3. The van der Waals surface area contributed by atoms with Gasteiger partial charge in [0, 0.05) is 23.5 Å². The number of benzene rings is 1. The topological polar surface area (TPSA) is 60.8 Å². The second-order valence-corrected chi connectivity index (χ2v) is 5.98. The summed E-state index contributed by atoms with van der Waals surface area (Å²) < 4.78 is 0. The molecule has 3 rings (SSSR count). The highest BCUT2D eigenvalue weighted by atomic mass is 35.5. The number of nitrogens with zero attached hydrogens (tertiary/aromatic N) is 1. The number of phenols is 2. The van der Waals surface area contributed by atoms with Crippen LogP contribution in [0.25, 0.3) is 0 Å². The van der Waals surface area contributed by atoms with E-state index in [0.717, 1.165) is 25.7 Å².